The topological polar surface area (TPSA) is 111 Å². The lowest BCUT2D eigenvalue weighted by Crippen LogP contribution is -2.35. The quantitative estimate of drug-likeness (QED) is 0.242. The molecule has 3 aromatic heterocycles. The average Bonchev–Trinajstić information content (AvgIpc) is 3.38. The van der Waals surface area contributed by atoms with Crippen LogP contribution in [-0.2, 0) is 6.54 Å². The van der Waals surface area contributed by atoms with Crippen LogP contribution in [0.15, 0.2) is 47.4 Å². The molecular formula is C29H33N5O4. The van der Waals surface area contributed by atoms with Gasteiger partial charge >= 0.3 is 0 Å². The fourth-order valence-corrected chi connectivity index (χ4v) is 4.85. The molecule has 0 bridgehead atoms. The van der Waals surface area contributed by atoms with E-state index in [0.717, 1.165) is 30.4 Å². The standard InChI is InChI=1S/C29H33N5O4/c1-3-4-5-6-7-8-13-31-28(35)21-16-22-27(32-26-19(2)10-9-14-33(26)29(22)36)34(25(21)30)17-20-11-12-23-24(15-20)38-18-37-23/h9-12,14-16,30H,3-8,13,17-18H2,1-2H3,(H,31,35). The Labute approximate surface area is 220 Å². The van der Waals surface area contributed by atoms with Crippen molar-refractivity contribution in [2.75, 3.05) is 13.3 Å². The fourth-order valence-electron chi connectivity index (χ4n) is 4.85. The number of fused-ring (bicyclic) bond motifs is 3. The lowest BCUT2D eigenvalue weighted by Gasteiger charge is -2.15. The number of nitrogens with zero attached hydrogens (tertiary/aromatic N) is 3. The van der Waals surface area contributed by atoms with Crippen LogP contribution in [0.1, 0.15) is 66.9 Å². The Bertz CT molecular complexity index is 1620. The summed E-state index contributed by atoms with van der Waals surface area (Å²) in [4.78, 5) is 31.6. The minimum Gasteiger partial charge on any atom is -0.454 e. The zero-order valence-corrected chi connectivity index (χ0v) is 21.9. The van der Waals surface area contributed by atoms with Gasteiger partial charge in [-0.2, -0.15) is 0 Å². The van der Waals surface area contributed by atoms with E-state index in [-0.39, 0.29) is 41.2 Å². The van der Waals surface area contributed by atoms with E-state index in [1.807, 2.05) is 31.2 Å². The number of pyridine rings is 2. The number of ether oxygens (including phenoxy) is 2. The second-order valence-electron chi connectivity index (χ2n) is 9.74. The van der Waals surface area contributed by atoms with Gasteiger partial charge in [-0.25, -0.2) is 4.98 Å². The number of nitrogens with one attached hydrogen (secondary N) is 2. The molecule has 0 fully saturated rings. The number of hydrogen-bond donors (Lipinski definition) is 2. The molecular weight excluding hydrogens is 482 g/mol. The number of aromatic nitrogens is 3. The Morgan fingerprint density at radius 2 is 1.84 bits per heavy atom. The zero-order chi connectivity index (χ0) is 26.6. The molecule has 2 N–H and O–H groups in total. The van der Waals surface area contributed by atoms with Crippen molar-refractivity contribution in [3.63, 3.8) is 0 Å². The molecule has 0 unspecified atom stereocenters. The van der Waals surface area contributed by atoms with E-state index in [1.54, 1.807) is 16.8 Å². The Balaban J connectivity index is 1.54. The molecule has 1 aromatic carbocycles. The Kier molecular flexibility index (Phi) is 7.44. The van der Waals surface area contributed by atoms with E-state index in [4.69, 9.17) is 19.9 Å². The summed E-state index contributed by atoms with van der Waals surface area (Å²) in [5.74, 6) is 0.926. The Hall–Kier alpha value is -4.14. The molecule has 9 heteroatoms. The molecule has 0 saturated carbocycles. The van der Waals surface area contributed by atoms with E-state index < -0.39 is 0 Å². The second-order valence-corrected chi connectivity index (χ2v) is 9.74. The predicted octanol–water partition coefficient (Wildman–Crippen LogP) is 4.30. The number of benzene rings is 1. The van der Waals surface area contributed by atoms with Gasteiger partial charge in [0.15, 0.2) is 11.5 Å². The van der Waals surface area contributed by atoms with Gasteiger partial charge in [0.05, 0.1) is 17.5 Å². The fraction of sp³-hybridized carbons (Fsp3) is 0.379. The van der Waals surface area contributed by atoms with Crippen LogP contribution < -0.4 is 25.8 Å². The van der Waals surface area contributed by atoms with E-state index in [0.29, 0.717) is 29.3 Å². The Morgan fingerprint density at radius 3 is 2.68 bits per heavy atom. The van der Waals surface area contributed by atoms with E-state index in [1.165, 1.54) is 29.7 Å². The highest BCUT2D eigenvalue weighted by molar-refractivity contribution is 5.96. The Morgan fingerprint density at radius 1 is 1.05 bits per heavy atom. The first-order valence-electron chi connectivity index (χ1n) is 13.2. The molecule has 0 saturated heterocycles. The summed E-state index contributed by atoms with van der Waals surface area (Å²) in [6.45, 7) is 5.00. The molecule has 0 aliphatic carbocycles. The van der Waals surface area contributed by atoms with Gasteiger partial charge < -0.3 is 19.4 Å². The normalized spacial score (nSPS) is 12.4. The molecule has 38 heavy (non-hydrogen) atoms. The SMILES string of the molecule is CCCCCCCCNC(=O)c1cc2c(=O)n3cccc(C)c3nc2n(Cc2ccc3c(c2)OCO3)c1=N. The van der Waals surface area contributed by atoms with Gasteiger partial charge in [-0.15, -0.1) is 0 Å². The van der Waals surface area contributed by atoms with Crippen LogP contribution >= 0.6 is 0 Å². The molecule has 1 aliphatic rings. The van der Waals surface area contributed by atoms with Crippen molar-refractivity contribution in [1.82, 2.24) is 19.3 Å². The van der Waals surface area contributed by atoms with Crippen molar-refractivity contribution in [2.45, 2.75) is 58.9 Å². The summed E-state index contributed by atoms with van der Waals surface area (Å²) in [5.41, 5.74) is 2.43. The third-order valence-corrected chi connectivity index (χ3v) is 6.97. The summed E-state index contributed by atoms with van der Waals surface area (Å²) in [6, 6.07) is 10.8. The molecule has 0 atom stereocenters. The van der Waals surface area contributed by atoms with Crippen LogP contribution in [0.3, 0.4) is 0 Å². The second kappa shape index (κ2) is 11.1. The first-order valence-corrected chi connectivity index (χ1v) is 13.2. The van der Waals surface area contributed by atoms with E-state index >= 15 is 0 Å². The van der Waals surface area contributed by atoms with Crippen LogP contribution in [-0.4, -0.2) is 33.2 Å². The highest BCUT2D eigenvalue weighted by Gasteiger charge is 2.19. The third kappa shape index (κ3) is 5.01. The summed E-state index contributed by atoms with van der Waals surface area (Å²) in [6.07, 6.45) is 8.37. The summed E-state index contributed by atoms with van der Waals surface area (Å²) < 4.78 is 14.1. The van der Waals surface area contributed by atoms with Crippen molar-refractivity contribution in [3.8, 4) is 11.5 Å². The zero-order valence-electron chi connectivity index (χ0n) is 21.9. The number of unbranched alkanes of at least 4 members (excludes halogenated alkanes) is 5. The maximum Gasteiger partial charge on any atom is 0.267 e. The highest BCUT2D eigenvalue weighted by atomic mass is 16.7. The molecule has 5 rings (SSSR count). The third-order valence-electron chi connectivity index (χ3n) is 6.97. The number of amides is 1. The number of hydrogen-bond acceptors (Lipinski definition) is 6. The lowest BCUT2D eigenvalue weighted by atomic mass is 10.1. The van der Waals surface area contributed by atoms with Crippen molar-refractivity contribution < 1.29 is 14.3 Å². The molecule has 198 valence electrons. The van der Waals surface area contributed by atoms with Crippen molar-refractivity contribution in [1.29, 1.82) is 5.41 Å². The van der Waals surface area contributed by atoms with Gasteiger partial charge in [-0.05, 0) is 48.7 Å². The maximum absolute atomic E-state index is 13.6. The number of carbonyl (C=O) groups is 1. The molecule has 4 heterocycles. The smallest absolute Gasteiger partial charge is 0.267 e. The average molecular weight is 516 g/mol. The predicted molar refractivity (Wildman–Crippen MR) is 145 cm³/mol. The summed E-state index contributed by atoms with van der Waals surface area (Å²) in [7, 11) is 0. The van der Waals surface area contributed by atoms with Gasteiger partial charge in [-0.3, -0.25) is 19.4 Å². The van der Waals surface area contributed by atoms with Crippen LogP contribution in [0, 0.1) is 12.3 Å². The van der Waals surface area contributed by atoms with Crippen molar-refractivity contribution >= 4 is 22.6 Å². The minimum absolute atomic E-state index is 0.000414. The first kappa shape index (κ1) is 25.5. The maximum atomic E-state index is 13.6. The molecule has 1 aliphatic heterocycles. The number of rotatable bonds is 10. The van der Waals surface area contributed by atoms with Gasteiger partial charge in [0.25, 0.3) is 11.5 Å². The molecule has 0 radical (unpaired) electrons. The van der Waals surface area contributed by atoms with E-state index in [9.17, 15) is 9.59 Å². The lowest BCUT2D eigenvalue weighted by molar-refractivity contribution is 0.0950. The highest BCUT2D eigenvalue weighted by Crippen LogP contribution is 2.32. The van der Waals surface area contributed by atoms with Gasteiger partial charge in [-0.1, -0.05) is 51.2 Å². The van der Waals surface area contributed by atoms with Crippen LogP contribution in [0.5, 0.6) is 11.5 Å². The molecule has 9 nitrogen and oxygen atoms in total. The van der Waals surface area contributed by atoms with Crippen LogP contribution in [0.4, 0.5) is 0 Å². The summed E-state index contributed by atoms with van der Waals surface area (Å²) in [5, 5.41) is 12.2. The largest absolute Gasteiger partial charge is 0.454 e. The van der Waals surface area contributed by atoms with Gasteiger partial charge in [0, 0.05) is 12.7 Å². The number of aryl methyl sites for hydroxylation is 1. The monoisotopic (exact) mass is 515 g/mol. The minimum atomic E-state index is -0.362. The first-order chi connectivity index (χ1) is 18.5. The van der Waals surface area contributed by atoms with Crippen molar-refractivity contribution in [3.05, 3.63) is 75.1 Å². The number of carbonyl (C=O) groups excluding carboxylic acids is 1. The molecule has 0 spiro atoms. The van der Waals surface area contributed by atoms with Crippen LogP contribution in [0.2, 0.25) is 0 Å². The molecule has 4 aromatic rings. The van der Waals surface area contributed by atoms with Gasteiger partial charge in [0.1, 0.15) is 16.8 Å². The van der Waals surface area contributed by atoms with Gasteiger partial charge in [0.2, 0.25) is 6.79 Å². The van der Waals surface area contributed by atoms with E-state index in [2.05, 4.69) is 12.2 Å². The van der Waals surface area contributed by atoms with Crippen molar-refractivity contribution in [2.24, 2.45) is 0 Å². The van der Waals surface area contributed by atoms with Crippen LogP contribution in [0.25, 0.3) is 16.7 Å². The molecule has 1 amide bonds. The summed E-state index contributed by atoms with van der Waals surface area (Å²) >= 11 is 0.